The van der Waals surface area contributed by atoms with Crippen LogP contribution in [0.1, 0.15) is 27.2 Å². The van der Waals surface area contributed by atoms with Crippen molar-refractivity contribution in [3.05, 3.63) is 24.3 Å². The summed E-state index contributed by atoms with van der Waals surface area (Å²) in [5, 5.41) is 12.3. The van der Waals surface area contributed by atoms with E-state index in [-0.39, 0.29) is 5.41 Å². The maximum atomic E-state index is 11.3. The van der Waals surface area contributed by atoms with Gasteiger partial charge in [-0.3, -0.25) is 0 Å². The smallest absolute Gasteiger partial charge is 0.326 e. The molecule has 0 bridgehead atoms. The van der Waals surface area contributed by atoms with Crippen LogP contribution in [0.4, 0.5) is 5.69 Å². The van der Waals surface area contributed by atoms with Crippen LogP contribution < -0.4 is 10.1 Å². The number of hydrogen-bond acceptors (Lipinski definition) is 3. The molecule has 0 spiro atoms. The van der Waals surface area contributed by atoms with Crippen molar-refractivity contribution >= 4 is 11.7 Å². The van der Waals surface area contributed by atoms with Crippen molar-refractivity contribution in [2.75, 3.05) is 12.4 Å². The van der Waals surface area contributed by atoms with Gasteiger partial charge in [-0.2, -0.15) is 0 Å². The fourth-order valence-electron chi connectivity index (χ4n) is 1.76. The van der Waals surface area contributed by atoms with E-state index in [0.717, 1.165) is 0 Å². The average molecular weight is 251 g/mol. The highest BCUT2D eigenvalue weighted by Crippen LogP contribution is 2.27. The first-order valence-corrected chi connectivity index (χ1v) is 5.96. The van der Waals surface area contributed by atoms with E-state index >= 15 is 0 Å². The molecule has 1 aromatic carbocycles. The van der Waals surface area contributed by atoms with Crippen molar-refractivity contribution in [3.8, 4) is 5.75 Å². The van der Waals surface area contributed by atoms with E-state index in [9.17, 15) is 9.90 Å². The molecule has 1 aromatic rings. The monoisotopic (exact) mass is 251 g/mol. The lowest BCUT2D eigenvalue weighted by Gasteiger charge is -2.25. The van der Waals surface area contributed by atoms with Crippen molar-refractivity contribution in [1.29, 1.82) is 0 Å². The number of rotatable bonds is 5. The predicted octanol–water partition coefficient (Wildman–Crippen LogP) is 3.00. The highest BCUT2D eigenvalue weighted by Gasteiger charge is 2.25. The van der Waals surface area contributed by atoms with Gasteiger partial charge in [0.05, 0.1) is 12.8 Å². The highest BCUT2D eigenvalue weighted by atomic mass is 16.5. The fraction of sp³-hybridized carbons (Fsp3) is 0.500. The van der Waals surface area contributed by atoms with Crippen LogP contribution in [0.3, 0.4) is 0 Å². The molecule has 0 saturated carbocycles. The van der Waals surface area contributed by atoms with Crippen molar-refractivity contribution in [1.82, 2.24) is 0 Å². The molecule has 0 aliphatic rings. The quantitative estimate of drug-likeness (QED) is 0.844. The van der Waals surface area contributed by atoms with Crippen LogP contribution in [0, 0.1) is 5.41 Å². The number of aliphatic carboxylic acids is 1. The molecular weight excluding hydrogens is 230 g/mol. The molecule has 1 atom stereocenters. The van der Waals surface area contributed by atoms with Gasteiger partial charge in [-0.05, 0) is 24.0 Å². The van der Waals surface area contributed by atoms with Gasteiger partial charge in [0.1, 0.15) is 11.8 Å². The second kappa shape index (κ2) is 5.76. The van der Waals surface area contributed by atoms with E-state index in [1.54, 1.807) is 13.2 Å². The number of hydrogen-bond donors (Lipinski definition) is 2. The van der Waals surface area contributed by atoms with Gasteiger partial charge in [-0.1, -0.05) is 32.9 Å². The Kier molecular flexibility index (Phi) is 4.59. The van der Waals surface area contributed by atoms with Crippen LogP contribution in [0.25, 0.3) is 0 Å². The largest absolute Gasteiger partial charge is 0.495 e. The maximum absolute atomic E-state index is 11.3. The Bertz CT molecular complexity index is 410. The third-order valence-corrected chi connectivity index (χ3v) is 2.55. The summed E-state index contributed by atoms with van der Waals surface area (Å²) < 4.78 is 5.20. The first kappa shape index (κ1) is 14.4. The molecule has 0 fully saturated rings. The highest BCUT2D eigenvalue weighted by molar-refractivity contribution is 5.78. The van der Waals surface area contributed by atoms with Crippen LogP contribution in [0.5, 0.6) is 5.75 Å². The lowest BCUT2D eigenvalue weighted by molar-refractivity contribution is -0.138. The molecule has 1 unspecified atom stereocenters. The number of anilines is 1. The lowest BCUT2D eigenvalue weighted by Crippen LogP contribution is -2.33. The fourth-order valence-corrected chi connectivity index (χ4v) is 1.76. The van der Waals surface area contributed by atoms with Gasteiger partial charge in [0.25, 0.3) is 0 Å². The summed E-state index contributed by atoms with van der Waals surface area (Å²) in [6.07, 6.45) is 0.542. The number of carboxylic acids is 1. The molecule has 0 saturated heterocycles. The molecule has 0 aromatic heterocycles. The molecule has 0 aliphatic heterocycles. The number of benzene rings is 1. The lowest BCUT2D eigenvalue weighted by atomic mass is 9.88. The van der Waals surface area contributed by atoms with E-state index in [4.69, 9.17) is 4.74 Å². The van der Waals surface area contributed by atoms with E-state index in [1.807, 2.05) is 39.0 Å². The Hall–Kier alpha value is -1.71. The molecule has 100 valence electrons. The van der Waals surface area contributed by atoms with Crippen LogP contribution in [0.15, 0.2) is 24.3 Å². The van der Waals surface area contributed by atoms with Crippen molar-refractivity contribution in [2.24, 2.45) is 5.41 Å². The van der Waals surface area contributed by atoms with Gasteiger partial charge in [0.2, 0.25) is 0 Å². The number of para-hydroxylation sites is 2. The number of nitrogens with one attached hydrogen (secondary N) is 1. The van der Waals surface area contributed by atoms with Gasteiger partial charge in [0.15, 0.2) is 0 Å². The van der Waals surface area contributed by atoms with E-state index < -0.39 is 12.0 Å². The average Bonchev–Trinajstić information content (AvgIpc) is 2.27. The Labute approximate surface area is 108 Å². The zero-order valence-corrected chi connectivity index (χ0v) is 11.4. The second-order valence-corrected chi connectivity index (χ2v) is 5.50. The van der Waals surface area contributed by atoms with Crippen molar-refractivity contribution < 1.29 is 14.6 Å². The minimum absolute atomic E-state index is 0.0575. The first-order chi connectivity index (χ1) is 8.33. The topological polar surface area (TPSA) is 58.6 Å². The Morgan fingerprint density at radius 2 is 2.00 bits per heavy atom. The molecule has 4 nitrogen and oxygen atoms in total. The molecule has 2 N–H and O–H groups in total. The van der Waals surface area contributed by atoms with Gasteiger partial charge in [-0.15, -0.1) is 0 Å². The van der Waals surface area contributed by atoms with E-state index in [2.05, 4.69) is 5.32 Å². The minimum atomic E-state index is -0.851. The first-order valence-electron chi connectivity index (χ1n) is 5.96. The van der Waals surface area contributed by atoms with Gasteiger partial charge in [-0.25, -0.2) is 4.79 Å². The number of ether oxygens (including phenoxy) is 1. The Morgan fingerprint density at radius 1 is 1.39 bits per heavy atom. The van der Waals surface area contributed by atoms with Crippen LogP contribution in [-0.4, -0.2) is 24.2 Å². The second-order valence-electron chi connectivity index (χ2n) is 5.50. The molecule has 0 aliphatic carbocycles. The van der Waals surface area contributed by atoms with Crippen molar-refractivity contribution in [2.45, 2.75) is 33.2 Å². The molecule has 0 radical (unpaired) electrons. The molecule has 0 amide bonds. The molecule has 18 heavy (non-hydrogen) atoms. The maximum Gasteiger partial charge on any atom is 0.326 e. The number of carboxylic acid groups (broad SMARTS) is 1. The SMILES string of the molecule is COc1ccccc1NC(CC(C)(C)C)C(=O)O. The zero-order valence-electron chi connectivity index (χ0n) is 11.4. The third kappa shape index (κ3) is 4.28. The van der Waals surface area contributed by atoms with E-state index in [1.165, 1.54) is 0 Å². The summed E-state index contributed by atoms with van der Waals surface area (Å²) in [6.45, 7) is 6.06. The summed E-state index contributed by atoms with van der Waals surface area (Å²) in [4.78, 5) is 11.3. The summed E-state index contributed by atoms with van der Waals surface area (Å²) >= 11 is 0. The summed E-state index contributed by atoms with van der Waals surface area (Å²) in [7, 11) is 1.57. The van der Waals surface area contributed by atoms with Crippen LogP contribution >= 0.6 is 0 Å². The Balaban J connectivity index is 2.87. The standard InChI is InChI=1S/C14H21NO3/c1-14(2,3)9-11(13(16)17)15-10-7-5-6-8-12(10)18-4/h5-8,11,15H,9H2,1-4H3,(H,16,17). The summed E-state index contributed by atoms with van der Waals surface area (Å²) in [5.74, 6) is -0.200. The zero-order chi connectivity index (χ0) is 13.8. The van der Waals surface area contributed by atoms with Crippen molar-refractivity contribution in [3.63, 3.8) is 0 Å². The van der Waals surface area contributed by atoms with Crippen LogP contribution in [-0.2, 0) is 4.79 Å². The molecule has 0 heterocycles. The normalized spacial score (nSPS) is 12.9. The van der Waals surface area contributed by atoms with E-state index in [0.29, 0.717) is 17.9 Å². The molecule has 1 rings (SSSR count). The van der Waals surface area contributed by atoms with Gasteiger partial charge >= 0.3 is 5.97 Å². The third-order valence-electron chi connectivity index (χ3n) is 2.55. The van der Waals surface area contributed by atoms with Gasteiger partial charge in [0, 0.05) is 0 Å². The van der Waals surface area contributed by atoms with Crippen LogP contribution in [0.2, 0.25) is 0 Å². The molecule has 4 heteroatoms. The Morgan fingerprint density at radius 3 is 2.50 bits per heavy atom. The molecular formula is C14H21NO3. The number of carbonyl (C=O) groups is 1. The predicted molar refractivity (Wildman–Crippen MR) is 72.1 cm³/mol. The van der Waals surface area contributed by atoms with Gasteiger partial charge < -0.3 is 15.2 Å². The summed E-state index contributed by atoms with van der Waals surface area (Å²) in [6, 6.07) is 6.70. The summed E-state index contributed by atoms with van der Waals surface area (Å²) in [5.41, 5.74) is 0.648. The number of methoxy groups -OCH3 is 1. The minimum Gasteiger partial charge on any atom is -0.495 e.